The number of halogens is 1. The monoisotopic (exact) mass is 398 g/mol. The van der Waals surface area contributed by atoms with Crippen molar-refractivity contribution in [1.29, 1.82) is 0 Å². The van der Waals surface area contributed by atoms with Crippen LogP contribution in [0.3, 0.4) is 0 Å². The normalized spacial score (nSPS) is 18.6. The van der Waals surface area contributed by atoms with Gasteiger partial charge in [0.05, 0.1) is 12.2 Å². The van der Waals surface area contributed by atoms with E-state index < -0.39 is 11.7 Å². The molecule has 1 fully saturated rings. The van der Waals surface area contributed by atoms with Gasteiger partial charge in [-0.15, -0.1) is 0 Å². The summed E-state index contributed by atoms with van der Waals surface area (Å²) in [6, 6.07) is 11.1. The number of piperidine rings is 1. The Bertz CT molecular complexity index is 917. The number of carbonyl (C=O) groups is 2. The lowest BCUT2D eigenvalue weighted by Gasteiger charge is -2.37. The first-order valence-electron chi connectivity index (χ1n) is 9.87. The van der Waals surface area contributed by atoms with Crippen LogP contribution in [0.5, 0.6) is 11.5 Å². The minimum Gasteiger partial charge on any atom is -0.493 e. The predicted molar refractivity (Wildman–Crippen MR) is 106 cm³/mol. The van der Waals surface area contributed by atoms with Crippen LogP contribution in [0.4, 0.5) is 10.1 Å². The minimum absolute atomic E-state index is 0.0144. The molecule has 2 aliphatic rings. The summed E-state index contributed by atoms with van der Waals surface area (Å²) in [5, 5.41) is 2.70. The summed E-state index contributed by atoms with van der Waals surface area (Å²) < 4.78 is 24.6. The topological polar surface area (TPSA) is 67.9 Å². The van der Waals surface area contributed by atoms with Crippen LogP contribution in [0.1, 0.15) is 36.0 Å². The quantitative estimate of drug-likeness (QED) is 0.854. The van der Waals surface area contributed by atoms with Crippen LogP contribution >= 0.6 is 0 Å². The van der Waals surface area contributed by atoms with Crippen LogP contribution in [-0.4, -0.2) is 42.5 Å². The molecule has 2 aromatic carbocycles. The summed E-state index contributed by atoms with van der Waals surface area (Å²) in [5.74, 6) is -0.494. The Kier molecular flexibility index (Phi) is 5.64. The zero-order chi connectivity index (χ0) is 20.2. The van der Waals surface area contributed by atoms with Crippen LogP contribution < -0.4 is 14.8 Å². The van der Waals surface area contributed by atoms with E-state index in [1.54, 1.807) is 30.3 Å². The predicted octanol–water partition coefficient (Wildman–Crippen LogP) is 3.62. The lowest BCUT2D eigenvalue weighted by Crippen LogP contribution is -2.45. The lowest BCUT2D eigenvalue weighted by atomic mass is 9.97. The van der Waals surface area contributed by atoms with E-state index in [1.807, 2.05) is 4.90 Å². The Balaban J connectivity index is 1.46. The van der Waals surface area contributed by atoms with Gasteiger partial charge in [0.15, 0.2) is 18.2 Å². The number of nitrogens with zero attached hydrogens (tertiary/aromatic N) is 1. The number of benzene rings is 2. The van der Waals surface area contributed by atoms with Crippen molar-refractivity contribution in [3.8, 4) is 11.5 Å². The molecule has 0 radical (unpaired) electrons. The number of nitrogens with one attached hydrogen (secondary N) is 1. The molecule has 0 aromatic heterocycles. The number of rotatable bonds is 4. The Morgan fingerprint density at radius 1 is 1.21 bits per heavy atom. The molecule has 0 spiro atoms. The van der Waals surface area contributed by atoms with Gasteiger partial charge in [-0.25, -0.2) is 4.39 Å². The third kappa shape index (κ3) is 4.34. The van der Waals surface area contributed by atoms with Gasteiger partial charge in [0, 0.05) is 24.7 Å². The number of hydrogen-bond acceptors (Lipinski definition) is 4. The average molecular weight is 398 g/mol. The van der Waals surface area contributed by atoms with Gasteiger partial charge in [0.2, 0.25) is 0 Å². The van der Waals surface area contributed by atoms with Crippen LogP contribution in [0, 0.1) is 5.82 Å². The maximum Gasteiger partial charge on any atom is 0.262 e. The highest BCUT2D eigenvalue weighted by molar-refractivity contribution is 6.00. The lowest BCUT2D eigenvalue weighted by molar-refractivity contribution is -0.118. The summed E-state index contributed by atoms with van der Waals surface area (Å²) in [5.41, 5.74) is 0.918. The fourth-order valence-electron chi connectivity index (χ4n) is 3.83. The Morgan fingerprint density at radius 3 is 2.93 bits per heavy atom. The van der Waals surface area contributed by atoms with Crippen molar-refractivity contribution in [3.05, 3.63) is 53.8 Å². The van der Waals surface area contributed by atoms with Gasteiger partial charge in [0.25, 0.3) is 11.8 Å². The Labute approximate surface area is 168 Å². The van der Waals surface area contributed by atoms with Crippen molar-refractivity contribution in [2.45, 2.75) is 31.7 Å². The zero-order valence-electron chi connectivity index (χ0n) is 16.0. The van der Waals surface area contributed by atoms with E-state index in [2.05, 4.69) is 5.32 Å². The molecule has 2 aliphatic heterocycles. The minimum atomic E-state index is -0.528. The van der Waals surface area contributed by atoms with Gasteiger partial charge in [-0.1, -0.05) is 12.1 Å². The number of para-hydroxylation sites is 1. The van der Waals surface area contributed by atoms with Gasteiger partial charge in [-0.05, 0) is 49.6 Å². The number of hydrogen-bond donors (Lipinski definition) is 1. The van der Waals surface area contributed by atoms with Crippen molar-refractivity contribution in [3.63, 3.8) is 0 Å². The summed E-state index contributed by atoms with van der Waals surface area (Å²) in [6.45, 7) is 0.969. The molecule has 1 atom stereocenters. The molecule has 1 saturated heterocycles. The summed E-state index contributed by atoms with van der Waals surface area (Å²) in [7, 11) is 0. The fraction of sp³-hybridized carbons (Fsp3) is 0.364. The Morgan fingerprint density at radius 2 is 2.07 bits per heavy atom. The third-order valence-corrected chi connectivity index (χ3v) is 5.29. The number of amides is 2. The van der Waals surface area contributed by atoms with Crippen LogP contribution in [0.2, 0.25) is 0 Å². The van der Waals surface area contributed by atoms with Crippen molar-refractivity contribution >= 4 is 17.5 Å². The first-order chi connectivity index (χ1) is 14.1. The first kappa shape index (κ1) is 19.2. The third-order valence-electron chi connectivity index (χ3n) is 5.29. The number of ether oxygens (including phenoxy) is 2. The van der Waals surface area contributed by atoms with E-state index in [1.165, 1.54) is 12.1 Å². The van der Waals surface area contributed by atoms with E-state index in [0.717, 1.165) is 32.2 Å². The second-order valence-electron chi connectivity index (χ2n) is 7.26. The zero-order valence-corrected chi connectivity index (χ0v) is 16.0. The van der Waals surface area contributed by atoms with Crippen molar-refractivity contribution in [1.82, 2.24) is 4.90 Å². The van der Waals surface area contributed by atoms with E-state index in [0.29, 0.717) is 23.6 Å². The molecule has 2 aromatic rings. The SMILES string of the molecule is O=C(COc1ccccc1F)Nc1ccc2c(c1)C(=O)N1CCCCC1CCO2. The molecule has 152 valence electrons. The highest BCUT2D eigenvalue weighted by Gasteiger charge is 2.31. The van der Waals surface area contributed by atoms with Crippen molar-refractivity contribution in [2.24, 2.45) is 0 Å². The molecule has 1 N–H and O–H groups in total. The summed E-state index contributed by atoms with van der Waals surface area (Å²) in [6.07, 6.45) is 3.95. The first-order valence-corrected chi connectivity index (χ1v) is 9.87. The number of anilines is 1. The smallest absolute Gasteiger partial charge is 0.262 e. The van der Waals surface area contributed by atoms with E-state index in [-0.39, 0.29) is 24.3 Å². The summed E-state index contributed by atoms with van der Waals surface area (Å²) >= 11 is 0. The Hall–Kier alpha value is -3.09. The second-order valence-corrected chi connectivity index (χ2v) is 7.26. The fourth-order valence-corrected chi connectivity index (χ4v) is 3.83. The molecular formula is C22H23FN2O4. The van der Waals surface area contributed by atoms with Gasteiger partial charge in [-0.2, -0.15) is 0 Å². The van der Waals surface area contributed by atoms with Crippen molar-refractivity contribution in [2.75, 3.05) is 25.1 Å². The molecule has 4 rings (SSSR count). The number of carbonyl (C=O) groups excluding carboxylic acids is 2. The molecule has 6 nitrogen and oxygen atoms in total. The molecule has 1 unspecified atom stereocenters. The van der Waals surface area contributed by atoms with E-state index >= 15 is 0 Å². The standard InChI is InChI=1S/C22H23FN2O4/c23-18-6-1-2-7-20(18)29-14-21(26)24-15-8-9-19-17(13-15)22(27)25-11-4-3-5-16(25)10-12-28-19/h1-2,6-9,13,16H,3-5,10-12,14H2,(H,24,26). The summed E-state index contributed by atoms with van der Waals surface area (Å²) in [4.78, 5) is 27.2. The maximum atomic E-state index is 13.6. The average Bonchev–Trinajstić information content (AvgIpc) is 2.73. The van der Waals surface area contributed by atoms with E-state index in [4.69, 9.17) is 9.47 Å². The van der Waals surface area contributed by atoms with Gasteiger partial charge < -0.3 is 19.7 Å². The molecule has 2 amide bonds. The molecule has 0 bridgehead atoms. The molecule has 0 saturated carbocycles. The van der Waals surface area contributed by atoms with Crippen molar-refractivity contribution < 1.29 is 23.5 Å². The van der Waals surface area contributed by atoms with E-state index in [9.17, 15) is 14.0 Å². The highest BCUT2D eigenvalue weighted by Crippen LogP contribution is 2.31. The second kappa shape index (κ2) is 8.51. The van der Waals surface area contributed by atoms with Crippen LogP contribution in [0.25, 0.3) is 0 Å². The van der Waals surface area contributed by atoms with Gasteiger partial charge >= 0.3 is 0 Å². The molecule has 29 heavy (non-hydrogen) atoms. The highest BCUT2D eigenvalue weighted by atomic mass is 19.1. The van der Waals surface area contributed by atoms with Gasteiger partial charge in [0.1, 0.15) is 5.75 Å². The molecular weight excluding hydrogens is 375 g/mol. The van der Waals surface area contributed by atoms with Gasteiger partial charge in [-0.3, -0.25) is 9.59 Å². The maximum absolute atomic E-state index is 13.6. The number of fused-ring (bicyclic) bond motifs is 2. The molecule has 0 aliphatic carbocycles. The van der Waals surface area contributed by atoms with Crippen LogP contribution in [0.15, 0.2) is 42.5 Å². The largest absolute Gasteiger partial charge is 0.493 e. The molecule has 2 heterocycles. The van der Waals surface area contributed by atoms with Crippen LogP contribution in [-0.2, 0) is 4.79 Å². The molecule has 7 heteroatoms.